The lowest BCUT2D eigenvalue weighted by Gasteiger charge is -2.06. The van der Waals surface area contributed by atoms with E-state index in [1.807, 2.05) is 25.6 Å². The Hall–Kier alpha value is -1.94. The van der Waals surface area contributed by atoms with Crippen molar-refractivity contribution in [2.45, 2.75) is 27.1 Å². The van der Waals surface area contributed by atoms with E-state index < -0.39 is 0 Å². The third-order valence-electron chi connectivity index (χ3n) is 3.87. The third-order valence-corrected chi connectivity index (χ3v) is 5.68. The van der Waals surface area contributed by atoms with Crippen molar-refractivity contribution < 1.29 is 4.79 Å². The first-order valence-electron chi connectivity index (χ1n) is 7.54. The largest absolute Gasteiger partial charge is 0.345 e. The first-order chi connectivity index (χ1) is 11.9. The third kappa shape index (κ3) is 3.69. The zero-order valence-electron chi connectivity index (χ0n) is 14.0. The number of carbonyl (C=O) groups excluding carboxylic acids is 1. The van der Waals surface area contributed by atoms with E-state index in [2.05, 4.69) is 52.5 Å². The fraction of sp³-hybridized carbons (Fsp3) is 0.333. The summed E-state index contributed by atoms with van der Waals surface area (Å²) in [4.78, 5) is 12.3. The SMILES string of the molecule is Cc1nn(Cn2ccc(C(=O)NCc3c(Br)cnn3C)n2)c(C)c1Br. The van der Waals surface area contributed by atoms with E-state index in [0.29, 0.717) is 18.9 Å². The Morgan fingerprint density at radius 2 is 2.04 bits per heavy atom. The molecule has 0 aliphatic carbocycles. The number of halogens is 2. The van der Waals surface area contributed by atoms with Gasteiger partial charge in [0.05, 0.1) is 38.8 Å². The zero-order chi connectivity index (χ0) is 18.1. The Morgan fingerprint density at radius 3 is 2.64 bits per heavy atom. The van der Waals surface area contributed by atoms with E-state index in [1.165, 1.54) is 0 Å². The normalized spacial score (nSPS) is 11.1. The molecular weight excluding hydrogens is 454 g/mol. The maximum atomic E-state index is 12.3. The van der Waals surface area contributed by atoms with Crippen molar-refractivity contribution >= 4 is 37.8 Å². The maximum Gasteiger partial charge on any atom is 0.272 e. The van der Waals surface area contributed by atoms with Crippen LogP contribution in [0.5, 0.6) is 0 Å². The monoisotopic (exact) mass is 469 g/mol. The lowest BCUT2D eigenvalue weighted by Crippen LogP contribution is -2.25. The fourth-order valence-corrected chi connectivity index (χ4v) is 3.17. The van der Waals surface area contributed by atoms with Crippen LogP contribution in [0, 0.1) is 13.8 Å². The highest BCUT2D eigenvalue weighted by atomic mass is 79.9. The molecule has 1 N–H and O–H groups in total. The molecule has 0 aliphatic heterocycles. The van der Waals surface area contributed by atoms with Crippen LogP contribution in [0.1, 0.15) is 27.6 Å². The molecule has 0 atom stereocenters. The van der Waals surface area contributed by atoms with Gasteiger partial charge in [0.1, 0.15) is 12.4 Å². The number of carbonyl (C=O) groups is 1. The van der Waals surface area contributed by atoms with Gasteiger partial charge < -0.3 is 5.32 Å². The average Bonchev–Trinajstić information content (AvgIpc) is 3.23. The van der Waals surface area contributed by atoms with Crippen molar-refractivity contribution in [2.75, 3.05) is 0 Å². The van der Waals surface area contributed by atoms with Crippen LogP contribution >= 0.6 is 31.9 Å². The summed E-state index contributed by atoms with van der Waals surface area (Å²) in [6, 6.07) is 1.69. The minimum Gasteiger partial charge on any atom is -0.345 e. The molecule has 132 valence electrons. The second-order valence-corrected chi connectivity index (χ2v) is 7.26. The zero-order valence-corrected chi connectivity index (χ0v) is 17.2. The van der Waals surface area contributed by atoms with Crippen molar-refractivity contribution in [2.24, 2.45) is 7.05 Å². The average molecular weight is 471 g/mol. The second kappa shape index (κ2) is 7.12. The van der Waals surface area contributed by atoms with Crippen molar-refractivity contribution in [3.8, 4) is 0 Å². The summed E-state index contributed by atoms with van der Waals surface area (Å²) in [5.41, 5.74) is 3.18. The van der Waals surface area contributed by atoms with Gasteiger partial charge in [0, 0.05) is 13.2 Å². The summed E-state index contributed by atoms with van der Waals surface area (Å²) in [5.74, 6) is -0.235. The first kappa shape index (κ1) is 17.9. The van der Waals surface area contributed by atoms with Gasteiger partial charge in [-0.15, -0.1) is 0 Å². The molecule has 0 fully saturated rings. The summed E-state index contributed by atoms with van der Waals surface area (Å²) in [6.45, 7) is 4.73. The van der Waals surface area contributed by atoms with Crippen molar-refractivity contribution in [1.29, 1.82) is 0 Å². The number of hydrogen-bond acceptors (Lipinski definition) is 4. The summed E-state index contributed by atoms with van der Waals surface area (Å²) in [7, 11) is 1.83. The van der Waals surface area contributed by atoms with Gasteiger partial charge >= 0.3 is 0 Å². The molecule has 1 amide bonds. The molecule has 10 heteroatoms. The number of aromatic nitrogens is 6. The van der Waals surface area contributed by atoms with Gasteiger partial charge in [-0.25, -0.2) is 4.68 Å². The Kier molecular flexibility index (Phi) is 5.09. The van der Waals surface area contributed by atoms with Crippen LogP contribution in [0.15, 0.2) is 27.4 Å². The van der Waals surface area contributed by atoms with Crippen LogP contribution in [-0.4, -0.2) is 35.2 Å². The molecule has 0 saturated heterocycles. The maximum absolute atomic E-state index is 12.3. The Balaban J connectivity index is 1.66. The molecule has 3 heterocycles. The van der Waals surface area contributed by atoms with E-state index in [1.54, 1.807) is 27.8 Å². The highest BCUT2D eigenvalue weighted by Crippen LogP contribution is 2.19. The van der Waals surface area contributed by atoms with E-state index in [9.17, 15) is 4.79 Å². The van der Waals surface area contributed by atoms with Gasteiger partial charge in [0.2, 0.25) is 0 Å². The smallest absolute Gasteiger partial charge is 0.272 e. The van der Waals surface area contributed by atoms with Crippen molar-refractivity contribution in [3.63, 3.8) is 0 Å². The molecule has 0 aromatic carbocycles. The number of nitrogens with zero attached hydrogens (tertiary/aromatic N) is 6. The number of nitrogens with one attached hydrogen (secondary N) is 1. The summed E-state index contributed by atoms with van der Waals surface area (Å²) in [6.07, 6.45) is 3.46. The van der Waals surface area contributed by atoms with Gasteiger partial charge in [-0.1, -0.05) is 0 Å². The highest BCUT2D eigenvalue weighted by Gasteiger charge is 2.13. The predicted octanol–water partition coefficient (Wildman–Crippen LogP) is 2.39. The van der Waals surface area contributed by atoms with Crippen molar-refractivity contribution in [3.05, 3.63) is 50.2 Å². The molecule has 0 radical (unpaired) electrons. The summed E-state index contributed by atoms with van der Waals surface area (Å²) in [5, 5.41) is 15.7. The summed E-state index contributed by atoms with van der Waals surface area (Å²) >= 11 is 6.92. The molecular formula is C15H17Br2N7O. The molecule has 0 unspecified atom stereocenters. The molecule has 8 nitrogen and oxygen atoms in total. The standard InChI is InChI=1S/C15H17Br2N7O/c1-9-14(17)10(2)24(20-9)8-23-5-4-12(21-23)15(25)18-7-13-11(16)6-19-22(13)3/h4-6H,7-8H2,1-3H3,(H,18,25). The Morgan fingerprint density at radius 1 is 1.28 bits per heavy atom. The minimum absolute atomic E-state index is 0.235. The highest BCUT2D eigenvalue weighted by molar-refractivity contribution is 9.10. The van der Waals surface area contributed by atoms with Crippen LogP contribution in [-0.2, 0) is 20.3 Å². The molecule has 0 aliphatic rings. The van der Waals surface area contributed by atoms with Crippen LogP contribution < -0.4 is 5.32 Å². The minimum atomic E-state index is -0.235. The lowest BCUT2D eigenvalue weighted by molar-refractivity contribution is 0.0944. The molecule has 3 rings (SSSR count). The number of rotatable bonds is 5. The topological polar surface area (TPSA) is 82.6 Å². The second-order valence-electron chi connectivity index (χ2n) is 5.61. The van der Waals surface area contributed by atoms with Gasteiger partial charge in [0.15, 0.2) is 0 Å². The first-order valence-corrected chi connectivity index (χ1v) is 9.13. The molecule has 0 saturated carbocycles. The van der Waals surface area contributed by atoms with Crippen molar-refractivity contribution in [1.82, 2.24) is 34.7 Å². The Labute approximate surface area is 161 Å². The van der Waals surface area contributed by atoms with E-state index in [0.717, 1.165) is 26.0 Å². The molecule has 3 aromatic rings. The van der Waals surface area contributed by atoms with Gasteiger partial charge in [-0.05, 0) is 51.8 Å². The predicted molar refractivity (Wildman–Crippen MR) is 99.1 cm³/mol. The molecule has 0 spiro atoms. The van der Waals surface area contributed by atoms with E-state index >= 15 is 0 Å². The molecule has 0 bridgehead atoms. The fourth-order valence-electron chi connectivity index (χ4n) is 2.40. The van der Waals surface area contributed by atoms with E-state index in [4.69, 9.17) is 0 Å². The molecule has 25 heavy (non-hydrogen) atoms. The van der Waals surface area contributed by atoms with Crippen LogP contribution in [0.4, 0.5) is 0 Å². The van der Waals surface area contributed by atoms with Crippen LogP contribution in [0.2, 0.25) is 0 Å². The quantitative estimate of drug-likeness (QED) is 0.620. The van der Waals surface area contributed by atoms with Gasteiger partial charge in [0.25, 0.3) is 5.91 Å². The number of amides is 1. The van der Waals surface area contributed by atoms with Gasteiger partial charge in [-0.2, -0.15) is 15.3 Å². The number of aryl methyl sites for hydroxylation is 2. The van der Waals surface area contributed by atoms with Crippen LogP contribution in [0.3, 0.4) is 0 Å². The van der Waals surface area contributed by atoms with Crippen LogP contribution in [0.25, 0.3) is 0 Å². The number of hydrogen-bond donors (Lipinski definition) is 1. The molecule has 3 aromatic heterocycles. The summed E-state index contributed by atoms with van der Waals surface area (Å²) < 4.78 is 7.07. The lowest BCUT2D eigenvalue weighted by atomic mass is 10.3. The Bertz CT molecular complexity index is 905. The van der Waals surface area contributed by atoms with E-state index in [-0.39, 0.29) is 5.91 Å². The van der Waals surface area contributed by atoms with Gasteiger partial charge in [-0.3, -0.25) is 14.2 Å².